The van der Waals surface area contributed by atoms with Gasteiger partial charge in [-0.2, -0.15) is 0 Å². The van der Waals surface area contributed by atoms with Gasteiger partial charge >= 0.3 is 5.97 Å². The van der Waals surface area contributed by atoms with Gasteiger partial charge in [0, 0.05) is 19.5 Å². The summed E-state index contributed by atoms with van der Waals surface area (Å²) >= 11 is 0. The van der Waals surface area contributed by atoms with Crippen molar-refractivity contribution in [3.63, 3.8) is 0 Å². The van der Waals surface area contributed by atoms with Gasteiger partial charge in [0.2, 0.25) is 17.7 Å². The number of aromatic hydroxyl groups is 1. The molecule has 3 amide bonds. The number of phenolic OH excluding ortho intramolecular Hbond substituents is 1. The monoisotopic (exact) mass is 606 g/mol. The van der Waals surface area contributed by atoms with Gasteiger partial charge in [-0.05, 0) is 49.3 Å². The summed E-state index contributed by atoms with van der Waals surface area (Å²) in [6.45, 7) is 4.01. The van der Waals surface area contributed by atoms with Gasteiger partial charge in [-0.1, -0.05) is 32.4 Å². The van der Waals surface area contributed by atoms with Crippen LogP contribution >= 0.6 is 0 Å². The molecule has 1 rings (SSSR count). The number of nitrogens with two attached hydrogens (primary N) is 5. The molecule has 5 atom stereocenters. The van der Waals surface area contributed by atoms with Crippen LogP contribution in [0.1, 0.15) is 51.5 Å². The smallest absolute Gasteiger partial charge is 0.326 e. The SMILES string of the molecule is CCC(C)C(N)C(=O)NC(Cc1ccc(O)cc1)C(=O)NC(CCCN=C(N)N)C(=O)NC(CCCN=C(N)N)C(=O)O. The molecular formula is C27H46N10O6. The summed E-state index contributed by atoms with van der Waals surface area (Å²) < 4.78 is 0. The Morgan fingerprint density at radius 3 is 1.74 bits per heavy atom. The highest BCUT2D eigenvalue weighted by atomic mass is 16.4. The molecule has 0 radical (unpaired) electrons. The molecule has 240 valence electrons. The van der Waals surface area contributed by atoms with Crippen LogP contribution in [0.25, 0.3) is 0 Å². The van der Waals surface area contributed by atoms with Crippen LogP contribution in [0.3, 0.4) is 0 Å². The number of guanidine groups is 2. The van der Waals surface area contributed by atoms with Crippen molar-refractivity contribution in [2.24, 2.45) is 44.6 Å². The number of rotatable bonds is 19. The second kappa shape index (κ2) is 18.8. The molecule has 5 unspecified atom stereocenters. The van der Waals surface area contributed by atoms with Crippen LogP contribution in [-0.4, -0.2) is 83.1 Å². The molecule has 16 heteroatoms. The highest BCUT2D eigenvalue weighted by Gasteiger charge is 2.31. The van der Waals surface area contributed by atoms with Gasteiger partial charge in [0.1, 0.15) is 23.9 Å². The lowest BCUT2D eigenvalue weighted by molar-refractivity contribution is -0.142. The van der Waals surface area contributed by atoms with Crippen molar-refractivity contribution in [2.75, 3.05) is 13.1 Å². The summed E-state index contributed by atoms with van der Waals surface area (Å²) in [5.41, 5.74) is 28.0. The van der Waals surface area contributed by atoms with E-state index in [1.54, 1.807) is 12.1 Å². The first-order valence-corrected chi connectivity index (χ1v) is 14.0. The molecule has 1 aromatic rings. The number of amides is 3. The van der Waals surface area contributed by atoms with Gasteiger partial charge in [0.05, 0.1) is 6.04 Å². The summed E-state index contributed by atoms with van der Waals surface area (Å²) in [5, 5.41) is 27.0. The van der Waals surface area contributed by atoms with E-state index < -0.39 is 47.9 Å². The van der Waals surface area contributed by atoms with Crippen molar-refractivity contribution < 1.29 is 29.4 Å². The van der Waals surface area contributed by atoms with Crippen molar-refractivity contribution in [3.8, 4) is 5.75 Å². The summed E-state index contributed by atoms with van der Waals surface area (Å²) in [4.78, 5) is 59.2. The molecule has 0 aliphatic rings. The van der Waals surface area contributed by atoms with Crippen LogP contribution in [0.2, 0.25) is 0 Å². The lowest BCUT2D eigenvalue weighted by Gasteiger charge is -2.26. The Hall–Kier alpha value is -4.60. The predicted molar refractivity (Wildman–Crippen MR) is 162 cm³/mol. The van der Waals surface area contributed by atoms with E-state index in [1.165, 1.54) is 12.1 Å². The number of nitrogens with zero attached hydrogens (tertiary/aromatic N) is 2. The van der Waals surface area contributed by atoms with Crippen molar-refractivity contribution in [2.45, 2.75) is 76.5 Å². The molecular weight excluding hydrogens is 560 g/mol. The van der Waals surface area contributed by atoms with Crippen LogP contribution in [0, 0.1) is 5.92 Å². The number of carboxylic acid groups (broad SMARTS) is 1. The highest BCUT2D eigenvalue weighted by Crippen LogP contribution is 2.13. The molecule has 43 heavy (non-hydrogen) atoms. The lowest BCUT2D eigenvalue weighted by Crippen LogP contribution is -2.58. The summed E-state index contributed by atoms with van der Waals surface area (Å²) in [6, 6.07) is 1.57. The maximum absolute atomic E-state index is 13.5. The van der Waals surface area contributed by atoms with E-state index in [4.69, 9.17) is 28.7 Å². The van der Waals surface area contributed by atoms with Crippen LogP contribution in [0.4, 0.5) is 0 Å². The Balaban J connectivity index is 3.19. The molecule has 0 heterocycles. The van der Waals surface area contributed by atoms with Crippen LogP contribution in [0.15, 0.2) is 34.3 Å². The largest absolute Gasteiger partial charge is 0.508 e. The maximum atomic E-state index is 13.5. The number of carboxylic acids is 1. The van der Waals surface area contributed by atoms with Crippen molar-refractivity contribution in [1.29, 1.82) is 0 Å². The van der Waals surface area contributed by atoms with E-state index >= 15 is 0 Å². The number of benzene rings is 1. The maximum Gasteiger partial charge on any atom is 0.326 e. The molecule has 0 saturated carbocycles. The zero-order valence-electron chi connectivity index (χ0n) is 24.7. The van der Waals surface area contributed by atoms with E-state index in [0.717, 1.165) is 0 Å². The van der Waals surface area contributed by atoms with Crippen molar-refractivity contribution in [3.05, 3.63) is 29.8 Å². The number of carbonyl (C=O) groups excluding carboxylic acids is 3. The standard InChI is InChI=1S/C27H46N10O6/c1-3-15(2)21(28)24(41)37-20(14-16-8-10-17(38)11-9-16)23(40)35-18(6-4-12-33-26(29)30)22(39)36-19(25(42)43)7-5-13-34-27(31)32/h8-11,15,18-21,38H,3-7,12-14,28H2,1-2H3,(H,35,40)(H,36,39)(H,37,41)(H,42,43)(H4,29,30,33)(H4,31,32,34). The third-order valence-corrected chi connectivity index (χ3v) is 6.71. The molecule has 15 N–H and O–H groups in total. The van der Waals surface area contributed by atoms with Crippen LogP contribution < -0.4 is 44.6 Å². The minimum atomic E-state index is -1.28. The van der Waals surface area contributed by atoms with Gasteiger partial charge in [0.25, 0.3) is 0 Å². The first-order chi connectivity index (χ1) is 20.2. The minimum absolute atomic E-state index is 0.0238. The Labute approximate surface area is 250 Å². The fraction of sp³-hybridized carbons (Fsp3) is 0.556. The van der Waals surface area contributed by atoms with Crippen molar-refractivity contribution in [1.82, 2.24) is 16.0 Å². The molecule has 0 aliphatic carbocycles. The van der Waals surface area contributed by atoms with Gasteiger partial charge in [-0.15, -0.1) is 0 Å². The number of hydrogen-bond acceptors (Lipinski definition) is 8. The molecule has 1 aromatic carbocycles. The van der Waals surface area contributed by atoms with Crippen LogP contribution in [-0.2, 0) is 25.6 Å². The third kappa shape index (κ3) is 14.2. The van der Waals surface area contributed by atoms with E-state index in [0.29, 0.717) is 12.0 Å². The number of carbonyl (C=O) groups is 4. The van der Waals surface area contributed by atoms with E-state index in [-0.39, 0.29) is 68.8 Å². The van der Waals surface area contributed by atoms with Gasteiger partial charge in [-0.25, -0.2) is 4.79 Å². The first kappa shape index (κ1) is 36.4. The fourth-order valence-electron chi connectivity index (χ4n) is 3.94. The number of hydrogen-bond donors (Lipinski definition) is 10. The van der Waals surface area contributed by atoms with Gasteiger partial charge in [0.15, 0.2) is 11.9 Å². The topological polar surface area (TPSA) is 300 Å². The van der Waals surface area contributed by atoms with E-state index in [9.17, 15) is 29.4 Å². The summed E-state index contributed by atoms with van der Waals surface area (Å²) in [6.07, 6.45) is 1.29. The minimum Gasteiger partial charge on any atom is -0.508 e. The number of phenols is 1. The number of aliphatic carboxylic acids is 1. The van der Waals surface area contributed by atoms with Crippen molar-refractivity contribution >= 4 is 35.6 Å². The molecule has 0 spiro atoms. The highest BCUT2D eigenvalue weighted by molar-refractivity contribution is 5.94. The number of aliphatic imine (C=N–C) groups is 2. The van der Waals surface area contributed by atoms with E-state index in [2.05, 4.69) is 25.9 Å². The molecule has 0 bridgehead atoms. The lowest BCUT2D eigenvalue weighted by atomic mass is 9.98. The quantitative estimate of drug-likeness (QED) is 0.0464. The normalized spacial score (nSPS) is 14.2. The molecule has 0 aromatic heterocycles. The Bertz CT molecular complexity index is 1120. The molecule has 0 saturated heterocycles. The average molecular weight is 607 g/mol. The van der Waals surface area contributed by atoms with Crippen LogP contribution in [0.5, 0.6) is 5.75 Å². The Morgan fingerprint density at radius 2 is 1.26 bits per heavy atom. The first-order valence-electron chi connectivity index (χ1n) is 14.0. The average Bonchev–Trinajstić information content (AvgIpc) is 2.95. The Morgan fingerprint density at radius 1 is 0.791 bits per heavy atom. The fourth-order valence-corrected chi connectivity index (χ4v) is 3.94. The predicted octanol–water partition coefficient (Wildman–Crippen LogP) is -2.05. The zero-order valence-corrected chi connectivity index (χ0v) is 24.7. The zero-order chi connectivity index (χ0) is 32.5. The van der Waals surface area contributed by atoms with Gasteiger partial charge in [-0.3, -0.25) is 24.4 Å². The van der Waals surface area contributed by atoms with E-state index in [1.807, 2.05) is 13.8 Å². The molecule has 16 nitrogen and oxygen atoms in total. The third-order valence-electron chi connectivity index (χ3n) is 6.71. The number of nitrogens with one attached hydrogen (secondary N) is 3. The molecule has 0 aliphatic heterocycles. The Kier molecular flexibility index (Phi) is 15.9. The second-order valence-electron chi connectivity index (χ2n) is 10.2. The second-order valence-corrected chi connectivity index (χ2v) is 10.2. The molecule has 0 fully saturated rings. The summed E-state index contributed by atoms with van der Waals surface area (Å²) in [7, 11) is 0. The van der Waals surface area contributed by atoms with Gasteiger partial charge < -0.3 is 54.8 Å². The summed E-state index contributed by atoms with van der Waals surface area (Å²) in [5.74, 6) is -3.70.